The molecule has 3 aliphatic rings. The molecule has 1 fully saturated rings. The highest BCUT2D eigenvalue weighted by Crippen LogP contribution is 2.62. The zero-order valence-corrected chi connectivity index (χ0v) is 27.7. The van der Waals surface area contributed by atoms with Gasteiger partial charge in [-0.25, -0.2) is 0 Å². The lowest BCUT2D eigenvalue weighted by atomic mass is 9.61. The van der Waals surface area contributed by atoms with Gasteiger partial charge in [0, 0.05) is 38.5 Å². The van der Waals surface area contributed by atoms with E-state index >= 15 is 0 Å². The predicted octanol–water partition coefficient (Wildman–Crippen LogP) is 12.5. The summed E-state index contributed by atoms with van der Waals surface area (Å²) in [6, 6.07) is 43.0. The second kappa shape index (κ2) is 9.16. The zero-order chi connectivity index (χ0) is 31.7. The van der Waals surface area contributed by atoms with Crippen LogP contribution in [0.5, 0.6) is 0 Å². The molecule has 0 amide bonds. The third-order valence-corrected chi connectivity index (χ3v) is 12.6. The summed E-state index contributed by atoms with van der Waals surface area (Å²) >= 11 is 0. The number of hydrogen-bond donors (Lipinski definition) is 0. The van der Waals surface area contributed by atoms with Gasteiger partial charge in [-0.15, -0.1) is 0 Å². The van der Waals surface area contributed by atoms with Crippen molar-refractivity contribution in [3.63, 3.8) is 0 Å². The van der Waals surface area contributed by atoms with Crippen LogP contribution >= 0.6 is 0 Å². The van der Waals surface area contributed by atoms with Crippen LogP contribution in [0.2, 0.25) is 0 Å². The Morgan fingerprint density at radius 2 is 1.38 bits per heavy atom. The molecule has 0 spiro atoms. The molecule has 0 N–H and O–H groups in total. The lowest BCUT2D eigenvalue weighted by Crippen LogP contribution is -2.54. The number of furan rings is 1. The van der Waals surface area contributed by atoms with Gasteiger partial charge in [0.2, 0.25) is 0 Å². The van der Waals surface area contributed by atoms with Gasteiger partial charge < -0.3 is 9.32 Å². The fraction of sp³-hybridized carbons (Fsp3) is 0.244. The number of fused-ring (bicyclic) bond motifs is 12. The van der Waals surface area contributed by atoms with Crippen LogP contribution in [0.15, 0.2) is 120 Å². The summed E-state index contributed by atoms with van der Waals surface area (Å²) in [5.41, 5.74) is 13.9. The van der Waals surface area contributed by atoms with Gasteiger partial charge in [0.1, 0.15) is 11.2 Å². The third kappa shape index (κ3) is 3.36. The maximum Gasteiger partial charge on any atom is 0.140 e. The Morgan fingerprint density at radius 1 is 0.638 bits per heavy atom. The van der Waals surface area contributed by atoms with Crippen molar-refractivity contribution in [2.24, 2.45) is 0 Å². The maximum atomic E-state index is 6.92. The van der Waals surface area contributed by atoms with Crippen molar-refractivity contribution in [3.05, 3.63) is 132 Å². The summed E-state index contributed by atoms with van der Waals surface area (Å²) in [4.78, 5) is 2.67. The molecule has 2 atom stereocenters. The normalized spacial score (nSPS) is 22.4. The molecule has 0 radical (unpaired) electrons. The van der Waals surface area contributed by atoms with Crippen molar-refractivity contribution >= 4 is 44.1 Å². The van der Waals surface area contributed by atoms with Crippen LogP contribution in [-0.4, -0.2) is 5.54 Å². The van der Waals surface area contributed by atoms with E-state index in [1.165, 1.54) is 97.5 Å². The number of para-hydroxylation sites is 2. The lowest BCUT2D eigenvalue weighted by molar-refractivity contribution is 0.195. The molecule has 2 unspecified atom stereocenters. The fourth-order valence-corrected chi connectivity index (χ4v) is 10.0. The number of anilines is 2. The van der Waals surface area contributed by atoms with E-state index in [0.29, 0.717) is 0 Å². The van der Waals surface area contributed by atoms with E-state index in [1.807, 2.05) is 0 Å². The van der Waals surface area contributed by atoms with E-state index in [1.54, 1.807) is 0 Å². The molecule has 6 aromatic carbocycles. The van der Waals surface area contributed by atoms with Gasteiger partial charge in [-0.05, 0) is 100 Å². The summed E-state index contributed by atoms with van der Waals surface area (Å²) in [6.07, 6.45) is 4.93. The summed E-state index contributed by atoms with van der Waals surface area (Å²) in [6.45, 7) is 9.79. The van der Waals surface area contributed by atoms with Crippen LogP contribution < -0.4 is 4.90 Å². The molecule has 0 saturated heterocycles. The van der Waals surface area contributed by atoms with Crippen molar-refractivity contribution in [2.45, 2.75) is 69.7 Å². The molecule has 1 saturated carbocycles. The summed E-state index contributed by atoms with van der Waals surface area (Å²) in [7, 11) is 0. The standard InChI is InChI=1S/C45H39NO/c1-43(2)35-22-20-28-14-8-9-17-31(28)39(35)34-27-33(40-32-18-10-11-19-38(32)47-42(40)41(34)43)29-21-23-37-36(26-29)44(3)24-12-13-25-45(44,4)46(37)30-15-6-5-7-16-30/h5-11,14-23,26-27H,12-13,24-25H2,1-4H3. The van der Waals surface area contributed by atoms with E-state index in [-0.39, 0.29) is 16.4 Å². The first kappa shape index (κ1) is 27.3. The van der Waals surface area contributed by atoms with Gasteiger partial charge in [-0.3, -0.25) is 0 Å². The van der Waals surface area contributed by atoms with Crippen molar-refractivity contribution in [2.75, 3.05) is 4.90 Å². The van der Waals surface area contributed by atoms with Gasteiger partial charge >= 0.3 is 0 Å². The molecular formula is C45H39NO. The Bertz CT molecular complexity index is 2430. The molecule has 2 nitrogen and oxygen atoms in total. The number of rotatable bonds is 2. The lowest BCUT2D eigenvalue weighted by Gasteiger charge is -2.50. The largest absolute Gasteiger partial charge is 0.456 e. The number of hydrogen-bond acceptors (Lipinski definition) is 2. The topological polar surface area (TPSA) is 16.4 Å². The SMILES string of the molecule is CC1(C)c2ccc3ccccc3c2-c2cc(-c3ccc4c(c3)C3(C)CCCCC3(C)N4c3ccccc3)c3c(oc4ccccc43)c21. The molecule has 7 aromatic rings. The van der Waals surface area contributed by atoms with Gasteiger partial charge in [-0.2, -0.15) is 0 Å². The third-order valence-electron chi connectivity index (χ3n) is 12.6. The molecule has 1 aliphatic heterocycles. The maximum absolute atomic E-state index is 6.92. The molecule has 47 heavy (non-hydrogen) atoms. The van der Waals surface area contributed by atoms with E-state index in [4.69, 9.17) is 4.42 Å². The van der Waals surface area contributed by atoms with Crippen LogP contribution in [0.25, 0.3) is 55.0 Å². The highest BCUT2D eigenvalue weighted by atomic mass is 16.3. The Hall–Kier alpha value is -4.82. The number of nitrogens with zero attached hydrogens (tertiary/aromatic N) is 1. The molecular weight excluding hydrogens is 571 g/mol. The second-order valence-electron chi connectivity index (χ2n) is 15.2. The van der Waals surface area contributed by atoms with Gasteiger partial charge in [0.15, 0.2) is 0 Å². The Morgan fingerprint density at radius 3 is 2.23 bits per heavy atom. The monoisotopic (exact) mass is 609 g/mol. The Kier molecular flexibility index (Phi) is 5.32. The minimum Gasteiger partial charge on any atom is -0.456 e. The molecule has 1 aromatic heterocycles. The van der Waals surface area contributed by atoms with Gasteiger partial charge in [0.05, 0.1) is 5.54 Å². The van der Waals surface area contributed by atoms with Crippen LogP contribution in [0, 0.1) is 0 Å². The van der Waals surface area contributed by atoms with Gasteiger partial charge in [0.25, 0.3) is 0 Å². The highest BCUT2D eigenvalue weighted by molar-refractivity contribution is 6.18. The van der Waals surface area contributed by atoms with E-state index < -0.39 is 0 Å². The first-order valence-electron chi connectivity index (χ1n) is 17.3. The Balaban J connectivity index is 1.29. The molecule has 10 rings (SSSR count). The van der Waals surface area contributed by atoms with Gasteiger partial charge in [-0.1, -0.05) is 112 Å². The first-order valence-corrected chi connectivity index (χ1v) is 17.3. The highest BCUT2D eigenvalue weighted by Gasteiger charge is 2.57. The van der Waals surface area contributed by atoms with Crippen LogP contribution in [0.3, 0.4) is 0 Å². The van der Waals surface area contributed by atoms with Crippen molar-refractivity contribution in [1.82, 2.24) is 0 Å². The van der Waals surface area contributed by atoms with Crippen molar-refractivity contribution < 1.29 is 4.42 Å². The van der Waals surface area contributed by atoms with E-state index in [9.17, 15) is 0 Å². The van der Waals surface area contributed by atoms with Crippen LogP contribution in [0.4, 0.5) is 11.4 Å². The predicted molar refractivity (Wildman–Crippen MR) is 197 cm³/mol. The summed E-state index contributed by atoms with van der Waals surface area (Å²) in [5.74, 6) is 0. The molecule has 230 valence electrons. The second-order valence-corrected chi connectivity index (χ2v) is 15.2. The molecule has 0 bridgehead atoms. The minimum absolute atomic E-state index is 0.0189. The first-order chi connectivity index (χ1) is 22.8. The molecule has 2 heterocycles. The fourth-order valence-electron chi connectivity index (χ4n) is 10.0. The van der Waals surface area contributed by atoms with Crippen molar-refractivity contribution in [3.8, 4) is 22.3 Å². The average Bonchev–Trinajstić information content (AvgIpc) is 3.66. The molecule has 2 aliphatic carbocycles. The van der Waals surface area contributed by atoms with E-state index in [0.717, 1.165) is 11.2 Å². The average molecular weight is 610 g/mol. The zero-order valence-electron chi connectivity index (χ0n) is 27.7. The smallest absolute Gasteiger partial charge is 0.140 e. The summed E-state index contributed by atoms with van der Waals surface area (Å²) < 4.78 is 6.92. The van der Waals surface area contributed by atoms with Crippen molar-refractivity contribution in [1.29, 1.82) is 0 Å². The Labute approximate surface area is 276 Å². The summed E-state index contributed by atoms with van der Waals surface area (Å²) in [5, 5.41) is 5.02. The van der Waals surface area contributed by atoms with E-state index in [2.05, 4.69) is 148 Å². The van der Waals surface area contributed by atoms with Crippen LogP contribution in [-0.2, 0) is 10.8 Å². The van der Waals surface area contributed by atoms with Crippen LogP contribution in [0.1, 0.15) is 70.1 Å². The molecule has 2 heteroatoms. The number of benzene rings is 6. The minimum atomic E-state index is -0.190. The quantitative estimate of drug-likeness (QED) is 0.194.